The predicted molar refractivity (Wildman–Crippen MR) is 61.2 cm³/mol. The summed E-state index contributed by atoms with van der Waals surface area (Å²) in [6.45, 7) is 3.19. The van der Waals surface area contributed by atoms with Gasteiger partial charge in [0.25, 0.3) is 10.0 Å². The van der Waals surface area contributed by atoms with Crippen LogP contribution in [0.15, 0.2) is 9.63 Å². The molecule has 90 valence electrons. The van der Waals surface area contributed by atoms with Crippen molar-refractivity contribution in [1.82, 2.24) is 19.3 Å². The van der Waals surface area contributed by atoms with Crippen LogP contribution in [0.3, 0.4) is 0 Å². The van der Waals surface area contributed by atoms with Crippen LogP contribution in [0, 0.1) is 5.92 Å². The Morgan fingerprint density at radius 2 is 2.19 bits per heavy atom. The molecule has 0 amide bonds. The average Bonchev–Trinajstić information content (AvgIpc) is 2.74. The summed E-state index contributed by atoms with van der Waals surface area (Å²) < 4.78 is 27.6. The first kappa shape index (κ1) is 12.0. The predicted octanol–water partition coefficient (Wildman–Crippen LogP) is 0.608. The first-order valence-corrected chi connectivity index (χ1v) is 7.21. The highest BCUT2D eigenvalue weighted by Gasteiger charge is 2.34. The molecule has 2 rings (SSSR count). The zero-order valence-electron chi connectivity index (χ0n) is 9.09. The fourth-order valence-corrected chi connectivity index (χ4v) is 4.44. The highest BCUT2D eigenvalue weighted by atomic mass is 79.9. The first-order valence-electron chi connectivity index (χ1n) is 4.98. The van der Waals surface area contributed by atoms with Gasteiger partial charge in [0.2, 0.25) is 5.03 Å². The fourth-order valence-electron chi connectivity index (χ4n) is 1.83. The summed E-state index contributed by atoms with van der Waals surface area (Å²) in [5, 5.41) is 7.51. The third-order valence-electron chi connectivity index (χ3n) is 2.71. The molecule has 1 atom stereocenters. The molecule has 1 fully saturated rings. The van der Waals surface area contributed by atoms with Crippen molar-refractivity contribution in [1.29, 1.82) is 0 Å². The maximum Gasteiger partial charge on any atom is 0.263 e. The second-order valence-corrected chi connectivity index (χ2v) is 6.67. The molecule has 0 spiro atoms. The summed E-state index contributed by atoms with van der Waals surface area (Å²) in [7, 11) is -1.89. The molecule has 0 radical (unpaired) electrons. The van der Waals surface area contributed by atoms with E-state index in [1.807, 2.05) is 6.92 Å². The van der Waals surface area contributed by atoms with E-state index in [9.17, 15) is 8.42 Å². The van der Waals surface area contributed by atoms with Crippen LogP contribution in [-0.2, 0) is 17.1 Å². The van der Waals surface area contributed by atoms with Crippen LogP contribution in [0.25, 0.3) is 0 Å². The SMILES string of the molecule is CC1CCN(S(=O)(=O)c2c(Br)nnn2C)C1. The quantitative estimate of drug-likeness (QED) is 0.802. The van der Waals surface area contributed by atoms with Gasteiger partial charge >= 0.3 is 0 Å². The Balaban J connectivity index is 2.40. The van der Waals surface area contributed by atoms with E-state index in [-0.39, 0.29) is 9.63 Å². The van der Waals surface area contributed by atoms with Crippen LogP contribution in [0.1, 0.15) is 13.3 Å². The lowest BCUT2D eigenvalue weighted by molar-refractivity contribution is 0.455. The summed E-state index contributed by atoms with van der Waals surface area (Å²) >= 11 is 3.11. The Morgan fingerprint density at radius 3 is 2.62 bits per heavy atom. The van der Waals surface area contributed by atoms with Crippen LogP contribution in [0.2, 0.25) is 0 Å². The summed E-state index contributed by atoms with van der Waals surface area (Å²) in [5.74, 6) is 0.412. The van der Waals surface area contributed by atoms with Gasteiger partial charge < -0.3 is 0 Å². The molecule has 1 aromatic rings. The molecule has 1 saturated heterocycles. The van der Waals surface area contributed by atoms with E-state index in [4.69, 9.17) is 0 Å². The molecule has 2 heterocycles. The van der Waals surface area contributed by atoms with Crippen LogP contribution in [0.5, 0.6) is 0 Å². The van der Waals surface area contributed by atoms with E-state index in [1.165, 1.54) is 8.99 Å². The van der Waals surface area contributed by atoms with Crippen molar-refractivity contribution in [2.24, 2.45) is 13.0 Å². The van der Waals surface area contributed by atoms with Crippen molar-refractivity contribution >= 4 is 26.0 Å². The van der Waals surface area contributed by atoms with E-state index in [2.05, 4.69) is 26.2 Å². The topological polar surface area (TPSA) is 68.1 Å². The van der Waals surface area contributed by atoms with Crippen molar-refractivity contribution < 1.29 is 8.42 Å². The third-order valence-corrected chi connectivity index (χ3v) is 5.46. The minimum absolute atomic E-state index is 0.126. The molecular formula is C8H13BrN4O2S. The van der Waals surface area contributed by atoms with Crippen molar-refractivity contribution in [3.8, 4) is 0 Å². The molecule has 1 aromatic heterocycles. The minimum atomic E-state index is -3.47. The maximum absolute atomic E-state index is 12.3. The number of hydrogen-bond donors (Lipinski definition) is 0. The van der Waals surface area contributed by atoms with Gasteiger partial charge in [-0.3, -0.25) is 0 Å². The molecule has 1 unspecified atom stereocenters. The monoisotopic (exact) mass is 308 g/mol. The molecule has 6 nitrogen and oxygen atoms in total. The van der Waals surface area contributed by atoms with Crippen molar-refractivity contribution in [3.05, 3.63) is 4.60 Å². The van der Waals surface area contributed by atoms with Crippen molar-refractivity contribution in [2.75, 3.05) is 13.1 Å². The normalized spacial score (nSPS) is 22.8. The average molecular weight is 309 g/mol. The molecule has 0 aliphatic carbocycles. The van der Waals surface area contributed by atoms with Crippen LogP contribution in [-0.4, -0.2) is 40.8 Å². The first-order chi connectivity index (χ1) is 7.43. The molecule has 0 saturated carbocycles. The minimum Gasteiger partial charge on any atom is -0.235 e. The number of halogens is 1. The highest BCUT2D eigenvalue weighted by molar-refractivity contribution is 9.10. The van der Waals surface area contributed by atoms with Gasteiger partial charge in [-0.05, 0) is 28.3 Å². The lowest BCUT2D eigenvalue weighted by Crippen LogP contribution is -2.30. The molecular weight excluding hydrogens is 296 g/mol. The number of aryl methyl sites for hydroxylation is 1. The lowest BCUT2D eigenvalue weighted by atomic mass is 10.2. The summed E-state index contributed by atoms with van der Waals surface area (Å²) in [6, 6.07) is 0. The third kappa shape index (κ3) is 1.89. The van der Waals surface area contributed by atoms with E-state index in [0.29, 0.717) is 19.0 Å². The Hall–Kier alpha value is -0.470. The van der Waals surface area contributed by atoms with Gasteiger partial charge in [-0.15, -0.1) is 5.10 Å². The zero-order valence-corrected chi connectivity index (χ0v) is 11.5. The molecule has 0 aromatic carbocycles. The highest BCUT2D eigenvalue weighted by Crippen LogP contribution is 2.26. The molecule has 8 heteroatoms. The Bertz CT molecular complexity index is 479. The standard InChI is InChI=1S/C8H13BrN4O2S/c1-6-3-4-13(5-6)16(14,15)8-7(9)10-11-12(8)2/h6H,3-5H2,1-2H3. The van der Waals surface area contributed by atoms with E-state index in [1.54, 1.807) is 7.05 Å². The van der Waals surface area contributed by atoms with Gasteiger partial charge in [0, 0.05) is 20.1 Å². The second kappa shape index (κ2) is 4.08. The molecule has 0 N–H and O–H groups in total. The lowest BCUT2D eigenvalue weighted by Gasteiger charge is -2.15. The number of nitrogens with zero attached hydrogens (tertiary/aromatic N) is 4. The maximum atomic E-state index is 12.3. The second-order valence-electron chi connectivity index (χ2n) is 4.07. The van der Waals surface area contributed by atoms with Gasteiger partial charge in [0.15, 0.2) is 4.60 Å². The Labute approximate surface area is 103 Å². The number of aromatic nitrogens is 3. The number of sulfonamides is 1. The van der Waals surface area contributed by atoms with Gasteiger partial charge in [-0.25, -0.2) is 13.1 Å². The Kier molecular flexibility index (Phi) is 3.06. The smallest absolute Gasteiger partial charge is 0.235 e. The summed E-state index contributed by atoms with van der Waals surface area (Å²) in [5.41, 5.74) is 0. The largest absolute Gasteiger partial charge is 0.263 e. The molecule has 1 aliphatic heterocycles. The number of hydrogen-bond acceptors (Lipinski definition) is 4. The van der Waals surface area contributed by atoms with E-state index < -0.39 is 10.0 Å². The summed E-state index contributed by atoms with van der Waals surface area (Å²) in [6.07, 6.45) is 0.905. The zero-order chi connectivity index (χ0) is 11.9. The Morgan fingerprint density at radius 1 is 1.50 bits per heavy atom. The van der Waals surface area contributed by atoms with Crippen LogP contribution < -0.4 is 0 Å². The fraction of sp³-hybridized carbons (Fsp3) is 0.750. The van der Waals surface area contributed by atoms with Gasteiger partial charge in [0.1, 0.15) is 0 Å². The number of rotatable bonds is 2. The van der Waals surface area contributed by atoms with Gasteiger partial charge in [0.05, 0.1) is 0 Å². The molecule has 1 aliphatic rings. The van der Waals surface area contributed by atoms with Gasteiger partial charge in [-0.2, -0.15) is 4.31 Å². The van der Waals surface area contributed by atoms with Crippen molar-refractivity contribution in [3.63, 3.8) is 0 Å². The van der Waals surface area contributed by atoms with Gasteiger partial charge in [-0.1, -0.05) is 12.1 Å². The van der Waals surface area contributed by atoms with Crippen LogP contribution >= 0.6 is 15.9 Å². The van der Waals surface area contributed by atoms with Crippen molar-refractivity contribution in [2.45, 2.75) is 18.4 Å². The molecule has 0 bridgehead atoms. The molecule has 16 heavy (non-hydrogen) atoms. The van der Waals surface area contributed by atoms with Crippen LogP contribution in [0.4, 0.5) is 0 Å². The summed E-state index contributed by atoms with van der Waals surface area (Å²) in [4.78, 5) is 0. The van der Waals surface area contributed by atoms with E-state index in [0.717, 1.165) is 6.42 Å². The van der Waals surface area contributed by atoms with E-state index >= 15 is 0 Å².